The number of carbonyl (C=O) groups is 1. The summed E-state index contributed by atoms with van der Waals surface area (Å²) in [5, 5.41) is 0.650. The summed E-state index contributed by atoms with van der Waals surface area (Å²) in [6, 6.07) is 11.6. The zero-order valence-corrected chi connectivity index (χ0v) is 20.5. The van der Waals surface area contributed by atoms with Crippen molar-refractivity contribution < 1.29 is 26.4 Å². The number of fused-ring (bicyclic) bond motifs is 1. The molecule has 2 aromatic carbocycles. The Bertz CT molecular complexity index is 1380. The van der Waals surface area contributed by atoms with E-state index in [2.05, 4.69) is 4.72 Å². The fraction of sp³-hybridized carbons (Fsp3) is 0.286. The molecular formula is C21H24N2O6S3. The number of esters is 1. The Morgan fingerprint density at radius 3 is 2.28 bits per heavy atom. The molecule has 3 rings (SSSR count). The molecule has 172 valence electrons. The largest absolute Gasteiger partial charge is 0.465 e. The quantitative estimate of drug-likeness (QED) is 0.476. The second-order valence-electron chi connectivity index (χ2n) is 7.23. The number of aromatic nitrogens is 1. The van der Waals surface area contributed by atoms with Gasteiger partial charge in [0.25, 0.3) is 0 Å². The Balaban J connectivity index is 2.16. The number of benzene rings is 2. The van der Waals surface area contributed by atoms with E-state index in [1.54, 1.807) is 35.8 Å². The molecule has 0 radical (unpaired) electrons. The third-order valence-electron chi connectivity index (χ3n) is 4.65. The van der Waals surface area contributed by atoms with Gasteiger partial charge in [-0.05, 0) is 50.2 Å². The van der Waals surface area contributed by atoms with E-state index < -0.39 is 25.8 Å². The van der Waals surface area contributed by atoms with E-state index in [0.29, 0.717) is 16.6 Å². The van der Waals surface area contributed by atoms with Crippen molar-refractivity contribution in [1.82, 2.24) is 4.57 Å². The summed E-state index contributed by atoms with van der Waals surface area (Å²) in [7, 11) is -6.86. The number of rotatable bonds is 8. The summed E-state index contributed by atoms with van der Waals surface area (Å²) in [5.41, 5.74) is 1.83. The molecule has 32 heavy (non-hydrogen) atoms. The van der Waals surface area contributed by atoms with Gasteiger partial charge in [0.2, 0.25) is 10.0 Å². The van der Waals surface area contributed by atoms with E-state index in [4.69, 9.17) is 4.74 Å². The van der Waals surface area contributed by atoms with E-state index in [9.17, 15) is 21.6 Å². The molecular weight excluding hydrogens is 472 g/mol. The maximum absolute atomic E-state index is 12.2. The fourth-order valence-electron chi connectivity index (χ4n) is 3.31. The van der Waals surface area contributed by atoms with Crippen LogP contribution < -0.4 is 4.72 Å². The van der Waals surface area contributed by atoms with Crippen LogP contribution in [-0.4, -0.2) is 46.5 Å². The van der Waals surface area contributed by atoms with Gasteiger partial charge in [-0.25, -0.2) is 16.8 Å². The lowest BCUT2D eigenvalue weighted by molar-refractivity contribution is -0.143. The smallest absolute Gasteiger partial charge is 0.325 e. The molecule has 0 aliphatic carbocycles. The maximum Gasteiger partial charge on any atom is 0.325 e. The average molecular weight is 497 g/mol. The SMILES string of the molecule is CCOC(=O)Cn1c(C)c(Sc2ccc(S(C)(=O)=O)cc2)c2c(NS(C)(=O)=O)cccc21. The molecule has 1 aromatic heterocycles. The second-order valence-corrected chi connectivity index (χ2v) is 12.1. The molecule has 0 spiro atoms. The zero-order chi connectivity index (χ0) is 23.7. The van der Waals surface area contributed by atoms with E-state index in [-0.39, 0.29) is 18.0 Å². The first-order valence-corrected chi connectivity index (χ1v) is 14.2. The normalized spacial score (nSPS) is 12.1. The van der Waals surface area contributed by atoms with Gasteiger partial charge in [-0.3, -0.25) is 9.52 Å². The zero-order valence-electron chi connectivity index (χ0n) is 18.1. The molecule has 0 saturated heterocycles. The lowest BCUT2D eigenvalue weighted by Gasteiger charge is -2.09. The molecule has 0 aliphatic heterocycles. The van der Waals surface area contributed by atoms with Gasteiger partial charge in [0.1, 0.15) is 6.54 Å². The van der Waals surface area contributed by atoms with Crippen molar-refractivity contribution in [2.45, 2.75) is 35.1 Å². The predicted octanol–water partition coefficient (Wildman–Crippen LogP) is 3.44. The Hall–Kier alpha value is -2.50. The highest BCUT2D eigenvalue weighted by molar-refractivity contribution is 7.99. The first kappa shape index (κ1) is 24.1. The van der Waals surface area contributed by atoms with Crippen molar-refractivity contribution in [2.24, 2.45) is 0 Å². The number of ether oxygens (including phenoxy) is 1. The number of carbonyl (C=O) groups excluding carboxylic acids is 1. The molecule has 0 amide bonds. The minimum Gasteiger partial charge on any atom is -0.465 e. The Labute approximate surface area is 191 Å². The Morgan fingerprint density at radius 1 is 1.06 bits per heavy atom. The van der Waals surface area contributed by atoms with Crippen molar-refractivity contribution in [2.75, 3.05) is 23.8 Å². The fourth-order valence-corrected chi connectivity index (χ4v) is 5.59. The summed E-state index contributed by atoms with van der Waals surface area (Å²) in [5.74, 6) is -0.400. The van der Waals surface area contributed by atoms with Crippen molar-refractivity contribution in [1.29, 1.82) is 0 Å². The number of anilines is 1. The molecule has 11 heteroatoms. The second kappa shape index (κ2) is 9.16. The van der Waals surface area contributed by atoms with Crippen LogP contribution in [0.25, 0.3) is 10.9 Å². The minimum atomic E-state index is -3.54. The van der Waals surface area contributed by atoms with Gasteiger partial charge in [0, 0.05) is 27.1 Å². The minimum absolute atomic E-state index is 0.0217. The lowest BCUT2D eigenvalue weighted by Crippen LogP contribution is -2.14. The first-order chi connectivity index (χ1) is 14.9. The number of sulfone groups is 1. The van der Waals surface area contributed by atoms with Gasteiger partial charge in [0.15, 0.2) is 9.84 Å². The monoisotopic (exact) mass is 496 g/mol. The average Bonchev–Trinajstić information content (AvgIpc) is 2.93. The summed E-state index contributed by atoms with van der Waals surface area (Å²) in [6.45, 7) is 3.81. The van der Waals surface area contributed by atoms with Crippen LogP contribution in [0.2, 0.25) is 0 Å². The maximum atomic E-state index is 12.2. The van der Waals surface area contributed by atoms with Gasteiger partial charge < -0.3 is 9.30 Å². The first-order valence-electron chi connectivity index (χ1n) is 9.64. The highest BCUT2D eigenvalue weighted by Gasteiger charge is 2.21. The summed E-state index contributed by atoms with van der Waals surface area (Å²) >= 11 is 1.36. The van der Waals surface area contributed by atoms with Crippen LogP contribution in [0.5, 0.6) is 0 Å². The number of sulfonamides is 1. The molecule has 0 atom stereocenters. The lowest BCUT2D eigenvalue weighted by atomic mass is 10.2. The molecule has 3 aromatic rings. The predicted molar refractivity (Wildman–Crippen MR) is 125 cm³/mol. The van der Waals surface area contributed by atoms with Crippen LogP contribution >= 0.6 is 11.8 Å². The summed E-state index contributed by atoms with van der Waals surface area (Å²) in [6.07, 6.45) is 2.22. The van der Waals surface area contributed by atoms with Crippen LogP contribution in [-0.2, 0) is 35.9 Å². The molecule has 0 fully saturated rings. The highest BCUT2D eigenvalue weighted by Crippen LogP contribution is 2.42. The standard InChI is InChI=1S/C21H24N2O6S3/c1-5-29-19(24)13-23-14(2)21(30-15-9-11-16(12-10-15)31(3,25)26)20-17(22-32(4,27)28)7-6-8-18(20)23/h6-12,22H,5,13H2,1-4H3. The van der Waals surface area contributed by atoms with Crippen LogP contribution in [0.1, 0.15) is 12.6 Å². The molecule has 1 N–H and O–H groups in total. The van der Waals surface area contributed by atoms with Gasteiger partial charge in [-0.15, -0.1) is 0 Å². The molecule has 0 saturated carbocycles. The van der Waals surface area contributed by atoms with Crippen LogP contribution in [0.3, 0.4) is 0 Å². The van der Waals surface area contributed by atoms with Crippen LogP contribution in [0, 0.1) is 6.92 Å². The van der Waals surface area contributed by atoms with Crippen molar-refractivity contribution in [3.8, 4) is 0 Å². The van der Waals surface area contributed by atoms with Gasteiger partial charge in [-0.2, -0.15) is 0 Å². The van der Waals surface area contributed by atoms with Crippen molar-refractivity contribution >= 4 is 54.2 Å². The van der Waals surface area contributed by atoms with Crippen molar-refractivity contribution in [3.63, 3.8) is 0 Å². The third-order valence-corrected chi connectivity index (χ3v) is 7.58. The third kappa shape index (κ3) is 5.45. The molecule has 0 bridgehead atoms. The van der Waals surface area contributed by atoms with Crippen LogP contribution in [0.15, 0.2) is 57.2 Å². The van der Waals surface area contributed by atoms with E-state index in [0.717, 1.165) is 28.0 Å². The number of hydrogen-bond donors (Lipinski definition) is 1. The topological polar surface area (TPSA) is 112 Å². The van der Waals surface area contributed by atoms with Gasteiger partial charge in [0.05, 0.1) is 29.0 Å². The summed E-state index contributed by atoms with van der Waals surface area (Å²) < 4.78 is 56.8. The molecule has 0 aliphatic rings. The van der Waals surface area contributed by atoms with Gasteiger partial charge >= 0.3 is 5.97 Å². The highest BCUT2D eigenvalue weighted by atomic mass is 32.2. The van der Waals surface area contributed by atoms with E-state index in [1.165, 1.54) is 23.9 Å². The Kier molecular flexibility index (Phi) is 6.91. The van der Waals surface area contributed by atoms with E-state index in [1.807, 2.05) is 13.0 Å². The molecule has 0 unspecified atom stereocenters. The summed E-state index contributed by atoms with van der Waals surface area (Å²) in [4.78, 5) is 13.9. The number of nitrogens with one attached hydrogen (secondary N) is 1. The number of hydrogen-bond acceptors (Lipinski definition) is 7. The Morgan fingerprint density at radius 2 is 1.72 bits per heavy atom. The van der Waals surface area contributed by atoms with Crippen LogP contribution in [0.4, 0.5) is 5.69 Å². The van der Waals surface area contributed by atoms with Crippen molar-refractivity contribution in [3.05, 3.63) is 48.2 Å². The molecule has 1 heterocycles. The van der Waals surface area contributed by atoms with Gasteiger partial charge in [-0.1, -0.05) is 17.8 Å². The van der Waals surface area contributed by atoms with E-state index >= 15 is 0 Å². The number of nitrogens with zero attached hydrogens (tertiary/aromatic N) is 1. The molecule has 8 nitrogen and oxygen atoms in total.